The van der Waals surface area contributed by atoms with Gasteiger partial charge in [0.05, 0.1) is 26.8 Å². The molecule has 0 saturated carbocycles. The van der Waals surface area contributed by atoms with Gasteiger partial charge in [-0.3, -0.25) is 9.69 Å². The Kier molecular flexibility index (Phi) is 7.27. The maximum atomic E-state index is 12.8. The first-order valence-corrected chi connectivity index (χ1v) is 10.3. The Balaban J connectivity index is 1.68. The molecule has 0 unspecified atom stereocenters. The number of thiophene rings is 1. The molecule has 1 aromatic heterocycles. The molecule has 5 nitrogen and oxygen atoms in total. The molecule has 1 heterocycles. The lowest BCUT2D eigenvalue weighted by molar-refractivity contribution is -0.122. The number of likely N-dealkylation sites (N-methyl/N-ethyl adjacent to an activating group) is 1. The molecule has 1 atom stereocenters. The highest BCUT2D eigenvalue weighted by molar-refractivity contribution is 7.10. The highest BCUT2D eigenvalue weighted by atomic mass is 32.1. The number of hydrogen-bond donors (Lipinski definition) is 1. The SMILES string of the molecule is COc1cccc(CN(C)CC(=O)N[C@@H](c2ccccc2)c2cccs2)c1OC. The Bertz CT molecular complexity index is 913. The Hall–Kier alpha value is -2.83. The molecule has 0 aliphatic rings. The zero-order valence-corrected chi connectivity index (χ0v) is 17.7. The minimum Gasteiger partial charge on any atom is -0.493 e. The van der Waals surface area contributed by atoms with Crippen LogP contribution >= 0.6 is 11.3 Å². The molecule has 29 heavy (non-hydrogen) atoms. The molecular formula is C23H26N2O3S. The van der Waals surface area contributed by atoms with Crippen LogP contribution in [0.5, 0.6) is 11.5 Å². The Morgan fingerprint density at radius 3 is 2.48 bits per heavy atom. The van der Waals surface area contributed by atoms with Crippen molar-refractivity contribution in [1.82, 2.24) is 10.2 Å². The molecule has 0 fully saturated rings. The average molecular weight is 411 g/mol. The third-order valence-electron chi connectivity index (χ3n) is 4.60. The predicted molar refractivity (Wildman–Crippen MR) is 117 cm³/mol. The van der Waals surface area contributed by atoms with Crippen molar-refractivity contribution in [2.75, 3.05) is 27.8 Å². The van der Waals surface area contributed by atoms with Crippen molar-refractivity contribution in [2.45, 2.75) is 12.6 Å². The fourth-order valence-corrected chi connectivity index (χ4v) is 4.10. The molecule has 0 bridgehead atoms. The van der Waals surface area contributed by atoms with E-state index in [4.69, 9.17) is 9.47 Å². The second-order valence-corrected chi connectivity index (χ2v) is 7.73. The van der Waals surface area contributed by atoms with Crippen molar-refractivity contribution in [2.24, 2.45) is 0 Å². The van der Waals surface area contributed by atoms with Crippen molar-refractivity contribution in [3.05, 3.63) is 82.0 Å². The van der Waals surface area contributed by atoms with Crippen LogP contribution in [0.15, 0.2) is 66.0 Å². The van der Waals surface area contributed by atoms with Crippen molar-refractivity contribution in [3.63, 3.8) is 0 Å². The number of para-hydroxylation sites is 1. The molecule has 1 amide bonds. The largest absolute Gasteiger partial charge is 0.493 e. The summed E-state index contributed by atoms with van der Waals surface area (Å²) in [4.78, 5) is 15.9. The first kappa shape index (κ1) is 20.9. The second kappa shape index (κ2) is 10.1. The molecule has 0 saturated heterocycles. The second-order valence-electron chi connectivity index (χ2n) is 6.75. The van der Waals surface area contributed by atoms with Crippen LogP contribution < -0.4 is 14.8 Å². The van der Waals surface area contributed by atoms with Gasteiger partial charge in [0, 0.05) is 17.0 Å². The normalized spacial score (nSPS) is 11.9. The van der Waals surface area contributed by atoms with Gasteiger partial charge in [-0.1, -0.05) is 48.5 Å². The van der Waals surface area contributed by atoms with E-state index in [9.17, 15) is 4.79 Å². The summed E-state index contributed by atoms with van der Waals surface area (Å²) in [5, 5.41) is 5.20. The number of rotatable bonds is 9. The van der Waals surface area contributed by atoms with E-state index >= 15 is 0 Å². The quantitative estimate of drug-likeness (QED) is 0.577. The van der Waals surface area contributed by atoms with Gasteiger partial charge < -0.3 is 14.8 Å². The van der Waals surface area contributed by atoms with Gasteiger partial charge >= 0.3 is 0 Å². The molecular weight excluding hydrogens is 384 g/mol. The number of methoxy groups -OCH3 is 2. The molecule has 3 rings (SSSR count). The lowest BCUT2D eigenvalue weighted by atomic mass is 10.1. The van der Waals surface area contributed by atoms with E-state index in [-0.39, 0.29) is 18.5 Å². The maximum Gasteiger partial charge on any atom is 0.234 e. The van der Waals surface area contributed by atoms with Crippen LogP contribution in [0.2, 0.25) is 0 Å². The van der Waals surface area contributed by atoms with E-state index in [0.29, 0.717) is 18.0 Å². The molecule has 6 heteroatoms. The van der Waals surface area contributed by atoms with Gasteiger partial charge in [-0.05, 0) is 30.1 Å². The van der Waals surface area contributed by atoms with E-state index in [2.05, 4.69) is 5.32 Å². The lowest BCUT2D eigenvalue weighted by Gasteiger charge is -2.22. The molecule has 0 aliphatic carbocycles. The summed E-state index contributed by atoms with van der Waals surface area (Å²) in [5.74, 6) is 1.35. The van der Waals surface area contributed by atoms with Crippen LogP contribution in [-0.2, 0) is 11.3 Å². The van der Waals surface area contributed by atoms with E-state index in [1.54, 1.807) is 25.6 Å². The summed E-state index contributed by atoms with van der Waals surface area (Å²) in [6.07, 6.45) is 0. The van der Waals surface area contributed by atoms with Crippen LogP contribution in [-0.4, -0.2) is 38.6 Å². The molecule has 152 valence electrons. The Labute approximate surface area is 175 Å². The first-order chi connectivity index (χ1) is 14.1. The van der Waals surface area contributed by atoms with Gasteiger partial charge in [-0.15, -0.1) is 11.3 Å². The van der Waals surface area contributed by atoms with Crippen LogP contribution in [0.1, 0.15) is 22.0 Å². The Morgan fingerprint density at radius 2 is 1.83 bits per heavy atom. The fourth-order valence-electron chi connectivity index (χ4n) is 3.30. The van der Waals surface area contributed by atoms with Gasteiger partial charge in [0.2, 0.25) is 5.91 Å². The van der Waals surface area contributed by atoms with Gasteiger partial charge in [-0.2, -0.15) is 0 Å². The summed E-state index contributed by atoms with van der Waals surface area (Å²) in [5.41, 5.74) is 2.04. The number of hydrogen-bond acceptors (Lipinski definition) is 5. The molecule has 0 spiro atoms. The van der Waals surface area contributed by atoms with Gasteiger partial charge in [0.1, 0.15) is 0 Å². The predicted octanol–water partition coefficient (Wildman–Crippen LogP) is 4.10. The monoisotopic (exact) mass is 410 g/mol. The summed E-state index contributed by atoms with van der Waals surface area (Å²) >= 11 is 1.64. The van der Waals surface area contributed by atoms with Crippen molar-refractivity contribution >= 4 is 17.2 Å². The third-order valence-corrected chi connectivity index (χ3v) is 5.54. The van der Waals surface area contributed by atoms with Crippen molar-refractivity contribution in [1.29, 1.82) is 0 Å². The molecule has 2 aromatic carbocycles. The number of ether oxygens (including phenoxy) is 2. The maximum absolute atomic E-state index is 12.8. The number of amides is 1. The molecule has 0 aliphatic heterocycles. The van der Waals surface area contributed by atoms with E-state index < -0.39 is 0 Å². The van der Waals surface area contributed by atoms with Crippen LogP contribution in [0.4, 0.5) is 0 Å². The minimum absolute atomic E-state index is 0.0309. The fraction of sp³-hybridized carbons (Fsp3) is 0.261. The van der Waals surface area contributed by atoms with E-state index in [1.165, 1.54) is 0 Å². The Morgan fingerprint density at radius 1 is 1.03 bits per heavy atom. The lowest BCUT2D eigenvalue weighted by Crippen LogP contribution is -2.37. The van der Waals surface area contributed by atoms with Crippen LogP contribution in [0, 0.1) is 0 Å². The number of benzene rings is 2. The molecule has 1 N–H and O–H groups in total. The number of nitrogens with zero attached hydrogens (tertiary/aromatic N) is 1. The highest BCUT2D eigenvalue weighted by Crippen LogP contribution is 2.31. The van der Waals surface area contributed by atoms with E-state index in [0.717, 1.165) is 16.0 Å². The van der Waals surface area contributed by atoms with Gasteiger partial charge in [0.15, 0.2) is 11.5 Å². The summed E-state index contributed by atoms with van der Waals surface area (Å²) < 4.78 is 10.9. The smallest absolute Gasteiger partial charge is 0.234 e. The zero-order chi connectivity index (χ0) is 20.6. The van der Waals surface area contributed by atoms with Gasteiger partial charge in [-0.25, -0.2) is 0 Å². The summed E-state index contributed by atoms with van der Waals surface area (Å²) in [6, 6.07) is 19.7. The van der Waals surface area contributed by atoms with Gasteiger partial charge in [0.25, 0.3) is 0 Å². The number of carbonyl (C=O) groups is 1. The zero-order valence-electron chi connectivity index (χ0n) is 16.9. The summed E-state index contributed by atoms with van der Waals surface area (Å²) in [7, 11) is 5.16. The number of carbonyl (C=O) groups excluding carboxylic acids is 1. The van der Waals surface area contributed by atoms with Crippen LogP contribution in [0.3, 0.4) is 0 Å². The topological polar surface area (TPSA) is 50.8 Å². The van der Waals surface area contributed by atoms with Crippen LogP contribution in [0.25, 0.3) is 0 Å². The summed E-state index contributed by atoms with van der Waals surface area (Å²) in [6.45, 7) is 0.845. The standard InChI is InChI=1S/C23H26N2O3S/c1-25(15-18-11-7-12-19(27-2)23(18)28-3)16-21(26)24-22(20-13-8-14-29-20)17-9-5-4-6-10-17/h4-14,22H,15-16H2,1-3H3,(H,24,26)/t22-/m0/s1. The van der Waals surface area contributed by atoms with Crippen molar-refractivity contribution in [3.8, 4) is 11.5 Å². The highest BCUT2D eigenvalue weighted by Gasteiger charge is 2.19. The molecule has 3 aromatic rings. The first-order valence-electron chi connectivity index (χ1n) is 9.38. The molecule has 0 radical (unpaired) electrons. The average Bonchev–Trinajstić information content (AvgIpc) is 3.26. The third kappa shape index (κ3) is 5.37. The number of nitrogens with one attached hydrogen (secondary N) is 1. The van der Waals surface area contributed by atoms with E-state index in [1.807, 2.05) is 78.0 Å². The van der Waals surface area contributed by atoms with Crippen molar-refractivity contribution < 1.29 is 14.3 Å². The minimum atomic E-state index is -0.150.